The van der Waals surface area contributed by atoms with Crippen molar-refractivity contribution in [2.75, 3.05) is 47.1 Å². The van der Waals surface area contributed by atoms with Crippen molar-refractivity contribution >= 4 is 57.5 Å². The van der Waals surface area contributed by atoms with Crippen LogP contribution in [-0.2, 0) is 30.2 Å². The predicted octanol–water partition coefficient (Wildman–Crippen LogP) is 8.60. The summed E-state index contributed by atoms with van der Waals surface area (Å²) in [4.78, 5) is 66.3. The maximum absolute atomic E-state index is 17.1. The molecule has 382 valence electrons. The minimum absolute atomic E-state index is 0.0568. The van der Waals surface area contributed by atoms with E-state index in [1.165, 1.54) is 14.2 Å². The van der Waals surface area contributed by atoms with Gasteiger partial charge >= 0.3 is 12.2 Å². The molecular weight excluding hydrogens is 934 g/mol. The molecule has 0 bridgehead atoms. The number of aliphatic imine (C=N–C) groups is 2. The smallest absolute Gasteiger partial charge is 0.407 e. The third-order valence-electron chi connectivity index (χ3n) is 15.8. The number of nitrogens with zero attached hydrogens (tertiary/aromatic N) is 5. The first-order valence-corrected chi connectivity index (χ1v) is 25.8. The van der Waals surface area contributed by atoms with Gasteiger partial charge in [0.25, 0.3) is 0 Å². The molecule has 7 aliphatic heterocycles. The molecule has 5 atom stereocenters. The van der Waals surface area contributed by atoms with Crippen LogP contribution in [-0.4, -0.2) is 121 Å². The summed E-state index contributed by atoms with van der Waals surface area (Å²) < 4.78 is 47.5. The Morgan fingerprint density at radius 1 is 0.740 bits per heavy atom. The number of allylic oxidation sites excluding steroid dienone is 2. The van der Waals surface area contributed by atoms with Gasteiger partial charge < -0.3 is 48.7 Å². The second kappa shape index (κ2) is 20.1. The Bertz CT molecular complexity index is 3010. The first-order valence-electron chi connectivity index (χ1n) is 25.8. The zero-order chi connectivity index (χ0) is 50.5. The topological polar surface area (TPSA) is 175 Å². The molecule has 2 N–H and O–H groups in total. The van der Waals surface area contributed by atoms with E-state index in [1.54, 1.807) is 12.3 Å². The van der Waals surface area contributed by atoms with Crippen LogP contribution in [0.1, 0.15) is 100 Å². The van der Waals surface area contributed by atoms with Crippen LogP contribution in [0.3, 0.4) is 0 Å². The highest BCUT2D eigenvalue weighted by Gasteiger charge is 2.42. The SMILES string of the molecule is COC(=O)N[C@H](C(=O)N1CCC[C@H]1C1=NC=C(c2cc(F)c3c(c2)OC(c2ccc4c(c2)CCCO4)n2c-3cc3cc(C4=CN=C([C@@H]5CCCN5C(=O)[C@@H](NC(=O)OC)C5CCOCC5)C4)ccc32)C1)C(C)C. The lowest BCUT2D eigenvalue weighted by molar-refractivity contribution is -0.135. The second-order valence-electron chi connectivity index (χ2n) is 20.5. The Balaban J connectivity index is 0.866. The minimum Gasteiger partial charge on any atom is -0.493 e. The number of fused-ring (bicyclic) bond motifs is 6. The molecule has 3 fully saturated rings. The summed E-state index contributed by atoms with van der Waals surface area (Å²) in [6.07, 6.45) is 9.02. The monoisotopic (exact) mass is 995 g/mol. The molecule has 8 heterocycles. The number of carbonyl (C=O) groups excluding carboxylic acids is 4. The van der Waals surface area contributed by atoms with Crippen LogP contribution in [0.5, 0.6) is 11.5 Å². The molecule has 3 aromatic carbocycles. The number of halogens is 1. The quantitative estimate of drug-likeness (QED) is 0.149. The van der Waals surface area contributed by atoms with Crippen LogP contribution >= 0.6 is 0 Å². The fourth-order valence-corrected chi connectivity index (χ4v) is 12.0. The number of likely N-dealkylation sites (tertiary alicyclic amines) is 2. The van der Waals surface area contributed by atoms with Crippen molar-refractivity contribution in [3.05, 3.63) is 95.1 Å². The number of ether oxygens (including phenoxy) is 5. The van der Waals surface area contributed by atoms with Gasteiger partial charge in [-0.3, -0.25) is 19.6 Å². The maximum atomic E-state index is 17.1. The molecule has 0 radical (unpaired) electrons. The average Bonchev–Trinajstić information content (AvgIpc) is 4.28. The fourth-order valence-electron chi connectivity index (χ4n) is 12.0. The molecule has 17 heteroatoms. The highest BCUT2D eigenvalue weighted by Crippen LogP contribution is 2.48. The van der Waals surface area contributed by atoms with Gasteiger partial charge in [0.05, 0.1) is 49.7 Å². The van der Waals surface area contributed by atoms with Gasteiger partial charge in [0.2, 0.25) is 18.0 Å². The first-order chi connectivity index (χ1) is 35.5. The number of hydrogen-bond acceptors (Lipinski definition) is 11. The van der Waals surface area contributed by atoms with Gasteiger partial charge in [0, 0.05) is 73.9 Å². The van der Waals surface area contributed by atoms with Gasteiger partial charge in [-0.15, -0.1) is 0 Å². The van der Waals surface area contributed by atoms with Gasteiger partial charge in [-0.05, 0) is 140 Å². The molecule has 7 aliphatic rings. The van der Waals surface area contributed by atoms with Gasteiger partial charge in [-0.2, -0.15) is 0 Å². The normalized spacial score (nSPS) is 22.2. The van der Waals surface area contributed by atoms with E-state index in [0.717, 1.165) is 94.4 Å². The summed E-state index contributed by atoms with van der Waals surface area (Å²) >= 11 is 0. The highest BCUT2D eigenvalue weighted by atomic mass is 19.1. The van der Waals surface area contributed by atoms with E-state index in [1.807, 2.05) is 54.1 Å². The van der Waals surface area contributed by atoms with Crippen LogP contribution in [0.15, 0.2) is 77.0 Å². The van der Waals surface area contributed by atoms with Crippen molar-refractivity contribution in [2.24, 2.45) is 21.8 Å². The number of rotatable bonds is 11. The second-order valence-corrected chi connectivity index (χ2v) is 20.5. The van der Waals surface area contributed by atoms with Gasteiger partial charge in [0.1, 0.15) is 29.4 Å². The van der Waals surface area contributed by atoms with E-state index in [-0.39, 0.29) is 35.7 Å². The molecule has 4 aromatic rings. The molecule has 1 unspecified atom stereocenters. The van der Waals surface area contributed by atoms with E-state index in [0.29, 0.717) is 81.2 Å². The standard InChI is InChI=1S/C56H62FN7O9/c1-31(2)50(60-55(67)69-3)52(65)62-17-5-9-44(62)42-26-39(30-59-42)36-24-40(57)49-46-27-37-22-33(11-13-43(37)64(46)54(73-48(49)28-36)35-12-14-47-34(23-35)8-7-19-72-47)38-25-41(58-29-38)45-10-6-18-63(45)53(66)51(61-56(68)70-4)32-15-20-71-21-16-32/h11-14,22-24,27-32,44-45,50-51,54H,5-10,15-21,25-26H2,1-4H3,(H,60,67)(H,61,68)/t44-,45-,50-,51-,54?/m0/s1. The van der Waals surface area contributed by atoms with Crippen LogP contribution in [0.2, 0.25) is 0 Å². The zero-order valence-electron chi connectivity index (χ0n) is 41.8. The summed E-state index contributed by atoms with van der Waals surface area (Å²) in [6, 6.07) is 16.0. The zero-order valence-corrected chi connectivity index (χ0v) is 41.8. The summed E-state index contributed by atoms with van der Waals surface area (Å²) in [5, 5.41) is 6.47. The largest absolute Gasteiger partial charge is 0.493 e. The Morgan fingerprint density at radius 3 is 2.12 bits per heavy atom. The number of aromatic nitrogens is 1. The van der Waals surface area contributed by atoms with Gasteiger partial charge in [0.15, 0.2) is 0 Å². The molecule has 0 aliphatic carbocycles. The van der Waals surface area contributed by atoms with Crippen LogP contribution in [0.4, 0.5) is 14.0 Å². The lowest BCUT2D eigenvalue weighted by atomic mass is 9.90. The summed E-state index contributed by atoms with van der Waals surface area (Å²) in [7, 11) is 2.59. The Hall–Kier alpha value is -7.01. The number of hydrogen-bond donors (Lipinski definition) is 2. The Labute approximate surface area is 423 Å². The molecule has 16 nitrogen and oxygen atoms in total. The Morgan fingerprint density at radius 2 is 1.42 bits per heavy atom. The van der Waals surface area contributed by atoms with Crippen molar-refractivity contribution in [1.82, 2.24) is 25.0 Å². The number of aryl methyl sites for hydroxylation is 1. The lowest BCUT2D eigenvalue weighted by Crippen LogP contribution is -2.55. The molecule has 3 saturated heterocycles. The Kier molecular flexibility index (Phi) is 13.3. The third-order valence-corrected chi connectivity index (χ3v) is 15.8. The summed E-state index contributed by atoms with van der Waals surface area (Å²) in [5.41, 5.74) is 9.13. The van der Waals surface area contributed by atoms with E-state index < -0.39 is 36.3 Å². The van der Waals surface area contributed by atoms with E-state index >= 15 is 4.39 Å². The number of methoxy groups -OCH3 is 2. The average molecular weight is 996 g/mol. The van der Waals surface area contributed by atoms with Crippen LogP contribution in [0.25, 0.3) is 33.3 Å². The summed E-state index contributed by atoms with van der Waals surface area (Å²) in [6.45, 7) is 6.65. The predicted molar refractivity (Wildman–Crippen MR) is 273 cm³/mol. The number of nitrogens with one attached hydrogen (secondary N) is 2. The molecule has 0 saturated carbocycles. The number of carbonyl (C=O) groups is 4. The highest BCUT2D eigenvalue weighted by molar-refractivity contribution is 6.06. The first kappa shape index (κ1) is 48.3. The van der Waals surface area contributed by atoms with E-state index in [2.05, 4.69) is 39.5 Å². The maximum Gasteiger partial charge on any atom is 0.407 e. The van der Waals surface area contributed by atoms with Crippen molar-refractivity contribution < 1.29 is 47.3 Å². The molecule has 11 rings (SSSR count). The summed E-state index contributed by atoms with van der Waals surface area (Å²) in [5.74, 6) is 0.338. The molecule has 1 aromatic heterocycles. The van der Waals surface area contributed by atoms with Crippen LogP contribution in [0, 0.1) is 17.7 Å². The number of alkyl carbamates (subject to hydrolysis) is 2. The van der Waals surface area contributed by atoms with Crippen molar-refractivity contribution in [2.45, 2.75) is 108 Å². The molecule has 0 spiro atoms. The minimum atomic E-state index is -0.749. The van der Waals surface area contributed by atoms with Gasteiger partial charge in [-0.1, -0.05) is 19.9 Å². The number of benzene rings is 3. The molecule has 4 amide bonds. The van der Waals surface area contributed by atoms with E-state index in [9.17, 15) is 19.2 Å². The fraction of sp³-hybridized carbons (Fsp3) is 0.464. The van der Waals surface area contributed by atoms with Crippen molar-refractivity contribution in [1.29, 1.82) is 0 Å². The van der Waals surface area contributed by atoms with Crippen LogP contribution < -0.4 is 20.1 Å². The third kappa shape index (κ3) is 9.14. The van der Waals surface area contributed by atoms with Crippen molar-refractivity contribution in [3.63, 3.8) is 0 Å². The number of amides is 4. The van der Waals surface area contributed by atoms with E-state index in [4.69, 9.17) is 33.7 Å². The molecular formula is C56H62FN7O9. The lowest BCUT2D eigenvalue weighted by Gasteiger charge is -2.34. The molecule has 73 heavy (non-hydrogen) atoms. The van der Waals surface area contributed by atoms with Gasteiger partial charge in [-0.25, -0.2) is 14.0 Å². The van der Waals surface area contributed by atoms with Crippen molar-refractivity contribution in [3.8, 4) is 22.8 Å².